The molecule has 0 saturated carbocycles. The Kier molecular flexibility index (Phi) is 5.91. The van der Waals surface area contributed by atoms with Crippen LogP contribution in [0.5, 0.6) is 0 Å². The van der Waals surface area contributed by atoms with Crippen molar-refractivity contribution in [1.82, 2.24) is 24.8 Å². The zero-order valence-electron chi connectivity index (χ0n) is 18.4. The molecule has 176 valence electrons. The molecule has 0 aliphatic carbocycles. The van der Waals surface area contributed by atoms with Crippen LogP contribution in [0.25, 0.3) is 22.6 Å². The fourth-order valence-corrected chi connectivity index (χ4v) is 4.41. The number of aromatic nitrogens is 4. The molecule has 1 N–H and O–H groups in total. The zero-order valence-corrected chi connectivity index (χ0v) is 19.2. The Labute approximate surface area is 199 Å². The van der Waals surface area contributed by atoms with Crippen molar-refractivity contribution in [2.75, 3.05) is 31.1 Å². The summed E-state index contributed by atoms with van der Waals surface area (Å²) in [5.41, 5.74) is 4.29. The Bertz CT molecular complexity index is 1290. The lowest BCUT2D eigenvalue weighted by molar-refractivity contribution is -0.141. The van der Waals surface area contributed by atoms with E-state index in [4.69, 9.17) is 11.6 Å². The number of hydrogen-bond acceptors (Lipinski definition) is 5. The fourth-order valence-electron chi connectivity index (χ4n) is 4.15. The molecule has 3 aromatic heterocycles. The average Bonchev–Trinajstić information content (AvgIpc) is 3.24. The summed E-state index contributed by atoms with van der Waals surface area (Å²) in [6, 6.07) is 10.6. The summed E-state index contributed by atoms with van der Waals surface area (Å²) >= 11 is 6.56. The van der Waals surface area contributed by atoms with Gasteiger partial charge in [0.15, 0.2) is 5.65 Å². The number of halogens is 4. The van der Waals surface area contributed by atoms with Crippen LogP contribution in [0.3, 0.4) is 0 Å². The van der Waals surface area contributed by atoms with E-state index in [1.54, 1.807) is 6.20 Å². The molecule has 4 aromatic rings. The van der Waals surface area contributed by atoms with Crippen LogP contribution in [0.4, 0.5) is 18.9 Å². The highest BCUT2D eigenvalue weighted by Crippen LogP contribution is 2.34. The second kappa shape index (κ2) is 8.88. The number of aryl methyl sites for hydroxylation is 1. The van der Waals surface area contributed by atoms with Crippen LogP contribution in [0.1, 0.15) is 16.8 Å². The molecule has 10 heteroatoms. The largest absolute Gasteiger partial charge is 0.433 e. The molecule has 0 spiro atoms. The lowest BCUT2D eigenvalue weighted by Crippen LogP contribution is -2.46. The van der Waals surface area contributed by atoms with Crippen LogP contribution < -0.4 is 4.90 Å². The van der Waals surface area contributed by atoms with Crippen molar-refractivity contribution in [2.45, 2.75) is 19.6 Å². The molecule has 0 bridgehead atoms. The summed E-state index contributed by atoms with van der Waals surface area (Å²) in [5.74, 6) is 0.736. The minimum absolute atomic E-state index is 0.542. The summed E-state index contributed by atoms with van der Waals surface area (Å²) in [7, 11) is 0. The van der Waals surface area contributed by atoms with Gasteiger partial charge in [0.25, 0.3) is 0 Å². The minimum atomic E-state index is -4.43. The number of fused-ring (bicyclic) bond motifs is 1. The van der Waals surface area contributed by atoms with Crippen LogP contribution >= 0.6 is 11.6 Å². The van der Waals surface area contributed by atoms with Gasteiger partial charge >= 0.3 is 6.18 Å². The highest BCUT2D eigenvalue weighted by atomic mass is 35.5. The summed E-state index contributed by atoms with van der Waals surface area (Å²) in [6.45, 7) is 5.48. The van der Waals surface area contributed by atoms with E-state index in [2.05, 4.69) is 29.7 Å². The molecule has 0 radical (unpaired) electrons. The first-order valence-corrected chi connectivity index (χ1v) is 11.3. The van der Waals surface area contributed by atoms with Crippen molar-refractivity contribution in [3.05, 3.63) is 70.6 Å². The first-order chi connectivity index (χ1) is 16.3. The van der Waals surface area contributed by atoms with Crippen molar-refractivity contribution in [3.63, 3.8) is 0 Å². The molecule has 5 rings (SSSR count). The van der Waals surface area contributed by atoms with E-state index in [-0.39, 0.29) is 0 Å². The minimum Gasteiger partial charge on any atom is -0.366 e. The maximum atomic E-state index is 12.7. The first kappa shape index (κ1) is 22.6. The highest BCUT2D eigenvalue weighted by molar-refractivity contribution is 6.34. The molecule has 0 amide bonds. The molecule has 4 heterocycles. The van der Waals surface area contributed by atoms with Crippen molar-refractivity contribution in [2.24, 2.45) is 0 Å². The standard InChI is InChI=1S/C24H22ClF3N6/c1-15-2-5-17(6-3-15)22-31-20-21(18(25)13-30-23(20)32-22)34-10-8-33(9-11-34)14-16-4-7-19(29-12-16)24(26,27)28/h2-7,12-13H,8-11,14H2,1H3,(H,30,31,32). The van der Waals surface area contributed by atoms with Crippen LogP contribution in [0.15, 0.2) is 48.8 Å². The SMILES string of the molecule is Cc1ccc(-c2nc3ncc(Cl)c(N4CCN(Cc5ccc(C(F)(F)F)nc5)CC4)c3[nH]2)cc1. The van der Waals surface area contributed by atoms with Crippen LogP contribution in [-0.4, -0.2) is 51.0 Å². The third-order valence-electron chi connectivity index (χ3n) is 5.98. The number of H-pyrrole nitrogens is 1. The van der Waals surface area contributed by atoms with E-state index in [9.17, 15) is 13.2 Å². The predicted octanol–water partition coefficient (Wildman–Crippen LogP) is 5.32. The Balaban J connectivity index is 1.31. The van der Waals surface area contributed by atoms with Gasteiger partial charge in [-0.25, -0.2) is 9.97 Å². The first-order valence-electron chi connectivity index (χ1n) is 10.9. The number of rotatable bonds is 4. The van der Waals surface area contributed by atoms with Crippen molar-refractivity contribution < 1.29 is 13.2 Å². The second-order valence-corrected chi connectivity index (χ2v) is 8.82. The maximum Gasteiger partial charge on any atom is 0.433 e. The lowest BCUT2D eigenvalue weighted by atomic mass is 10.1. The number of nitrogens with zero attached hydrogens (tertiary/aromatic N) is 5. The van der Waals surface area contributed by atoms with Crippen LogP contribution in [0, 0.1) is 6.92 Å². The van der Waals surface area contributed by atoms with Gasteiger partial charge in [0.1, 0.15) is 17.0 Å². The number of anilines is 1. The number of alkyl halides is 3. The molecular weight excluding hydrogens is 465 g/mol. The van der Waals surface area contributed by atoms with Crippen molar-refractivity contribution >= 4 is 28.5 Å². The molecule has 1 aliphatic rings. The number of hydrogen-bond donors (Lipinski definition) is 1. The molecule has 1 aliphatic heterocycles. The molecule has 6 nitrogen and oxygen atoms in total. The Morgan fingerprint density at radius 1 is 0.971 bits per heavy atom. The van der Waals surface area contributed by atoms with E-state index in [0.29, 0.717) is 30.3 Å². The van der Waals surface area contributed by atoms with Gasteiger partial charge < -0.3 is 9.88 Å². The summed E-state index contributed by atoms with van der Waals surface area (Å²) in [6.07, 6.45) is -1.50. The van der Waals surface area contributed by atoms with Crippen LogP contribution in [-0.2, 0) is 12.7 Å². The summed E-state index contributed by atoms with van der Waals surface area (Å²) < 4.78 is 38.2. The number of benzene rings is 1. The van der Waals surface area contributed by atoms with Gasteiger partial charge in [0, 0.05) is 44.5 Å². The van der Waals surface area contributed by atoms with E-state index in [1.165, 1.54) is 17.8 Å². The normalized spacial score (nSPS) is 15.3. The van der Waals surface area contributed by atoms with Gasteiger partial charge in [0.05, 0.1) is 16.9 Å². The lowest BCUT2D eigenvalue weighted by Gasteiger charge is -2.36. The Morgan fingerprint density at radius 3 is 2.35 bits per heavy atom. The van der Waals surface area contributed by atoms with Crippen LogP contribution in [0.2, 0.25) is 5.02 Å². The molecule has 1 fully saturated rings. The average molecular weight is 487 g/mol. The van der Waals surface area contributed by atoms with E-state index in [1.807, 2.05) is 31.2 Å². The number of pyridine rings is 2. The molecule has 0 atom stereocenters. The molecule has 0 unspecified atom stereocenters. The van der Waals surface area contributed by atoms with Gasteiger partial charge in [-0.05, 0) is 18.6 Å². The molecule has 1 aromatic carbocycles. The third kappa shape index (κ3) is 4.58. The zero-order chi connectivity index (χ0) is 23.9. The fraction of sp³-hybridized carbons (Fsp3) is 0.292. The topological polar surface area (TPSA) is 60.9 Å². The second-order valence-electron chi connectivity index (χ2n) is 8.42. The Hall–Kier alpha value is -3.17. The van der Waals surface area contributed by atoms with Crippen molar-refractivity contribution in [1.29, 1.82) is 0 Å². The van der Waals surface area contributed by atoms with Gasteiger partial charge in [-0.1, -0.05) is 47.5 Å². The van der Waals surface area contributed by atoms with E-state index >= 15 is 0 Å². The Morgan fingerprint density at radius 2 is 1.71 bits per heavy atom. The number of imidazole rings is 1. The molecular formula is C24H22ClF3N6. The maximum absolute atomic E-state index is 12.7. The quantitative estimate of drug-likeness (QED) is 0.423. The molecule has 34 heavy (non-hydrogen) atoms. The van der Waals surface area contributed by atoms with Gasteiger partial charge in [0.2, 0.25) is 0 Å². The van der Waals surface area contributed by atoms with Gasteiger partial charge in [-0.2, -0.15) is 13.2 Å². The summed E-state index contributed by atoms with van der Waals surface area (Å²) in [5, 5.41) is 0.548. The molecule has 1 saturated heterocycles. The number of piperazine rings is 1. The third-order valence-corrected chi connectivity index (χ3v) is 6.26. The number of aromatic amines is 1. The van der Waals surface area contributed by atoms with E-state index < -0.39 is 11.9 Å². The number of nitrogens with one attached hydrogen (secondary N) is 1. The predicted molar refractivity (Wildman–Crippen MR) is 126 cm³/mol. The van der Waals surface area contributed by atoms with E-state index in [0.717, 1.165) is 47.3 Å². The van der Waals surface area contributed by atoms with Crippen molar-refractivity contribution in [3.8, 4) is 11.4 Å². The monoisotopic (exact) mass is 486 g/mol. The van der Waals surface area contributed by atoms with Gasteiger partial charge in [-0.15, -0.1) is 0 Å². The van der Waals surface area contributed by atoms with Gasteiger partial charge in [-0.3, -0.25) is 9.88 Å². The summed E-state index contributed by atoms with van der Waals surface area (Å²) in [4.78, 5) is 20.4. The highest BCUT2D eigenvalue weighted by Gasteiger charge is 2.32. The smallest absolute Gasteiger partial charge is 0.366 e.